The van der Waals surface area contributed by atoms with Crippen LogP contribution in [0.1, 0.15) is 30.9 Å². The van der Waals surface area contributed by atoms with Crippen LogP contribution in [0, 0.1) is 0 Å². The number of hydrogen-bond acceptors (Lipinski definition) is 2. The first-order valence-electron chi connectivity index (χ1n) is 7.18. The number of carbonyl (C=O) groups is 1. The van der Waals surface area contributed by atoms with Gasteiger partial charge in [-0.15, -0.1) is 0 Å². The predicted octanol–water partition coefficient (Wildman–Crippen LogP) is 3.51. The summed E-state index contributed by atoms with van der Waals surface area (Å²) in [6.07, 6.45) is 0. The Balaban J connectivity index is 1.80. The number of carbonyl (C=O) groups excluding carboxylic acids is 1. The van der Waals surface area contributed by atoms with Crippen molar-refractivity contribution in [3.05, 3.63) is 65.7 Å². The topological polar surface area (TPSA) is 38.3 Å². The van der Waals surface area contributed by atoms with E-state index in [1.54, 1.807) is 0 Å². The van der Waals surface area contributed by atoms with Crippen LogP contribution in [0.25, 0.3) is 0 Å². The minimum atomic E-state index is -0.117. The van der Waals surface area contributed by atoms with Gasteiger partial charge in [0, 0.05) is 6.54 Å². The van der Waals surface area contributed by atoms with Gasteiger partial charge in [0.1, 0.15) is 5.75 Å². The van der Waals surface area contributed by atoms with E-state index < -0.39 is 0 Å². The Morgan fingerprint density at radius 2 is 1.86 bits per heavy atom. The van der Waals surface area contributed by atoms with Crippen molar-refractivity contribution in [2.24, 2.45) is 0 Å². The first-order valence-corrected chi connectivity index (χ1v) is 7.18. The molecule has 0 bridgehead atoms. The van der Waals surface area contributed by atoms with Gasteiger partial charge in [0.15, 0.2) is 6.61 Å². The highest BCUT2D eigenvalue weighted by atomic mass is 16.5. The van der Waals surface area contributed by atoms with Gasteiger partial charge in [-0.2, -0.15) is 0 Å². The smallest absolute Gasteiger partial charge is 0.258 e. The van der Waals surface area contributed by atoms with Crippen molar-refractivity contribution >= 4 is 5.91 Å². The van der Waals surface area contributed by atoms with Crippen molar-refractivity contribution in [3.8, 4) is 5.75 Å². The maximum atomic E-state index is 11.8. The number of rotatable bonds is 6. The van der Waals surface area contributed by atoms with E-state index in [1.165, 1.54) is 5.56 Å². The molecular formula is C18H21NO2. The molecule has 0 aliphatic heterocycles. The fourth-order valence-electron chi connectivity index (χ4n) is 1.96. The fraction of sp³-hybridized carbons (Fsp3) is 0.278. The highest BCUT2D eigenvalue weighted by molar-refractivity contribution is 5.77. The third-order valence-corrected chi connectivity index (χ3v) is 3.23. The normalized spacial score (nSPS) is 10.4. The molecular weight excluding hydrogens is 262 g/mol. The zero-order chi connectivity index (χ0) is 15.1. The molecule has 0 saturated carbocycles. The Morgan fingerprint density at radius 3 is 2.57 bits per heavy atom. The third-order valence-electron chi connectivity index (χ3n) is 3.23. The van der Waals surface area contributed by atoms with E-state index in [-0.39, 0.29) is 12.5 Å². The van der Waals surface area contributed by atoms with E-state index in [2.05, 4.69) is 25.2 Å². The van der Waals surface area contributed by atoms with Crippen molar-refractivity contribution in [3.63, 3.8) is 0 Å². The van der Waals surface area contributed by atoms with Gasteiger partial charge in [0.2, 0.25) is 0 Å². The third kappa shape index (κ3) is 4.95. The quantitative estimate of drug-likeness (QED) is 0.881. The number of hydrogen-bond donors (Lipinski definition) is 1. The first kappa shape index (κ1) is 15.1. The summed E-state index contributed by atoms with van der Waals surface area (Å²) in [7, 11) is 0. The molecule has 0 unspecified atom stereocenters. The molecule has 0 atom stereocenters. The Bertz CT molecular complexity index is 579. The van der Waals surface area contributed by atoms with Gasteiger partial charge in [0.25, 0.3) is 5.91 Å². The summed E-state index contributed by atoms with van der Waals surface area (Å²) in [6.45, 7) is 4.82. The SMILES string of the molecule is CC(C)c1cccc(OCC(=O)NCc2ccccc2)c1. The number of amides is 1. The van der Waals surface area contributed by atoms with E-state index in [0.29, 0.717) is 12.5 Å². The molecule has 0 radical (unpaired) electrons. The molecule has 0 aliphatic rings. The van der Waals surface area contributed by atoms with Crippen LogP contribution in [0.5, 0.6) is 5.75 Å². The zero-order valence-corrected chi connectivity index (χ0v) is 12.5. The highest BCUT2D eigenvalue weighted by Gasteiger charge is 2.04. The molecule has 0 aliphatic carbocycles. The lowest BCUT2D eigenvalue weighted by Gasteiger charge is -2.10. The lowest BCUT2D eigenvalue weighted by atomic mass is 10.0. The molecule has 0 fully saturated rings. The van der Waals surface area contributed by atoms with Crippen LogP contribution in [0.4, 0.5) is 0 Å². The minimum absolute atomic E-state index is 0.0361. The molecule has 3 nitrogen and oxygen atoms in total. The van der Waals surface area contributed by atoms with Gasteiger partial charge in [-0.3, -0.25) is 4.79 Å². The second-order valence-electron chi connectivity index (χ2n) is 5.28. The number of benzene rings is 2. The summed E-state index contributed by atoms with van der Waals surface area (Å²) < 4.78 is 5.53. The van der Waals surface area contributed by atoms with Gasteiger partial charge in [-0.1, -0.05) is 56.3 Å². The Hall–Kier alpha value is -2.29. The molecule has 2 rings (SSSR count). The zero-order valence-electron chi connectivity index (χ0n) is 12.5. The van der Waals surface area contributed by atoms with Crippen LogP contribution in [-0.4, -0.2) is 12.5 Å². The fourth-order valence-corrected chi connectivity index (χ4v) is 1.96. The van der Waals surface area contributed by atoms with E-state index in [4.69, 9.17) is 4.74 Å². The highest BCUT2D eigenvalue weighted by Crippen LogP contribution is 2.19. The molecule has 2 aromatic rings. The number of ether oxygens (including phenoxy) is 1. The van der Waals surface area contributed by atoms with Crippen molar-refractivity contribution in [2.75, 3.05) is 6.61 Å². The van der Waals surface area contributed by atoms with Crippen molar-refractivity contribution in [2.45, 2.75) is 26.3 Å². The second-order valence-corrected chi connectivity index (χ2v) is 5.28. The molecule has 0 spiro atoms. The van der Waals surface area contributed by atoms with E-state index in [0.717, 1.165) is 11.3 Å². The maximum absolute atomic E-state index is 11.8. The monoisotopic (exact) mass is 283 g/mol. The molecule has 1 amide bonds. The minimum Gasteiger partial charge on any atom is -0.484 e. The molecule has 2 aromatic carbocycles. The Kier molecular flexibility index (Phi) is 5.38. The van der Waals surface area contributed by atoms with E-state index in [1.807, 2.05) is 48.5 Å². The lowest BCUT2D eigenvalue weighted by Crippen LogP contribution is -2.28. The Morgan fingerprint density at radius 1 is 1.10 bits per heavy atom. The summed E-state index contributed by atoms with van der Waals surface area (Å²) in [5.41, 5.74) is 2.28. The van der Waals surface area contributed by atoms with Crippen molar-refractivity contribution in [1.29, 1.82) is 0 Å². The van der Waals surface area contributed by atoms with Crippen LogP contribution in [0.15, 0.2) is 54.6 Å². The molecule has 0 heterocycles. The van der Waals surface area contributed by atoms with Crippen LogP contribution >= 0.6 is 0 Å². The first-order chi connectivity index (χ1) is 10.1. The van der Waals surface area contributed by atoms with Crippen LogP contribution in [0.2, 0.25) is 0 Å². The lowest BCUT2D eigenvalue weighted by molar-refractivity contribution is -0.123. The van der Waals surface area contributed by atoms with Crippen LogP contribution in [0.3, 0.4) is 0 Å². The predicted molar refractivity (Wildman–Crippen MR) is 84.3 cm³/mol. The average Bonchev–Trinajstić information content (AvgIpc) is 2.52. The maximum Gasteiger partial charge on any atom is 0.258 e. The van der Waals surface area contributed by atoms with Gasteiger partial charge < -0.3 is 10.1 Å². The van der Waals surface area contributed by atoms with Gasteiger partial charge in [-0.05, 0) is 29.2 Å². The molecule has 0 aromatic heterocycles. The van der Waals surface area contributed by atoms with Gasteiger partial charge >= 0.3 is 0 Å². The van der Waals surface area contributed by atoms with E-state index >= 15 is 0 Å². The summed E-state index contributed by atoms with van der Waals surface area (Å²) in [6, 6.07) is 17.7. The molecule has 0 saturated heterocycles. The second kappa shape index (κ2) is 7.48. The summed E-state index contributed by atoms with van der Waals surface area (Å²) >= 11 is 0. The Labute approximate surface area is 126 Å². The van der Waals surface area contributed by atoms with Crippen molar-refractivity contribution < 1.29 is 9.53 Å². The van der Waals surface area contributed by atoms with Crippen LogP contribution < -0.4 is 10.1 Å². The summed E-state index contributed by atoms with van der Waals surface area (Å²) in [4.78, 5) is 11.8. The standard InChI is InChI=1S/C18H21NO2/c1-14(2)16-9-6-10-17(11-16)21-13-18(20)19-12-15-7-4-3-5-8-15/h3-11,14H,12-13H2,1-2H3,(H,19,20). The summed E-state index contributed by atoms with van der Waals surface area (Å²) in [5.74, 6) is 1.06. The number of nitrogens with one attached hydrogen (secondary N) is 1. The summed E-state index contributed by atoms with van der Waals surface area (Å²) in [5, 5.41) is 2.84. The van der Waals surface area contributed by atoms with Gasteiger partial charge in [-0.25, -0.2) is 0 Å². The van der Waals surface area contributed by atoms with Gasteiger partial charge in [0.05, 0.1) is 0 Å². The molecule has 1 N–H and O–H groups in total. The van der Waals surface area contributed by atoms with E-state index in [9.17, 15) is 4.79 Å². The van der Waals surface area contributed by atoms with Crippen LogP contribution in [-0.2, 0) is 11.3 Å². The largest absolute Gasteiger partial charge is 0.484 e. The average molecular weight is 283 g/mol. The molecule has 3 heteroatoms. The molecule has 110 valence electrons. The van der Waals surface area contributed by atoms with Crippen molar-refractivity contribution in [1.82, 2.24) is 5.32 Å². The molecule has 21 heavy (non-hydrogen) atoms.